The number of nitrogens with one attached hydrogen (secondary N) is 1. The molecule has 80 valence electrons. The minimum atomic E-state index is -0.0965. The predicted molar refractivity (Wildman–Crippen MR) is 83.8 cm³/mol. The van der Waals surface area contributed by atoms with Gasteiger partial charge in [0.1, 0.15) is 0 Å². The minimum absolute atomic E-state index is 0.0965. The number of aryl methyl sites for hydroxylation is 1. The normalized spacial score (nSPS) is 12.0. The van der Waals surface area contributed by atoms with Crippen LogP contribution in [-0.2, 0) is 4.79 Å². The molecule has 0 atom stereocenters. The Balaban J connectivity index is 2.75. The number of carbonyl (C=O) groups is 1. The Labute approximate surface area is 124 Å². The van der Waals surface area contributed by atoms with Crippen LogP contribution in [-0.4, -0.2) is 5.91 Å². The molecule has 0 aliphatic rings. The predicted octanol–water partition coefficient (Wildman–Crippen LogP) is 4.37. The van der Waals surface area contributed by atoms with Crippen molar-refractivity contribution in [1.29, 1.82) is 0 Å². The first-order valence-corrected chi connectivity index (χ1v) is 7.04. The van der Waals surface area contributed by atoms with Crippen LogP contribution in [0.1, 0.15) is 5.56 Å². The summed E-state index contributed by atoms with van der Waals surface area (Å²) in [4.78, 5) is 11.6. The largest absolute Gasteiger partial charge is 0.322 e. The quantitative estimate of drug-likeness (QED) is 0.483. The molecule has 5 heteroatoms. The van der Waals surface area contributed by atoms with Crippen LogP contribution in [0.4, 0.5) is 5.69 Å². The second kappa shape index (κ2) is 6.19. The van der Waals surface area contributed by atoms with Gasteiger partial charge in [-0.05, 0) is 80.2 Å². The standard InChI is InChI=1S/C10H8BrI2NO/c1-6-2-4-7(5-3-6)14-10(15)8(12)9(11)13/h2-5H,1H3,(H,14,15)/b9-8-. The molecule has 1 N–H and O–H groups in total. The molecule has 1 aromatic carbocycles. The van der Waals surface area contributed by atoms with Crippen LogP contribution in [0.5, 0.6) is 0 Å². The lowest BCUT2D eigenvalue weighted by molar-refractivity contribution is -0.112. The SMILES string of the molecule is Cc1ccc(NC(=O)/C(I)=C(\Br)I)cc1. The summed E-state index contributed by atoms with van der Waals surface area (Å²) in [6, 6.07) is 7.70. The monoisotopic (exact) mass is 491 g/mol. The number of halogens is 3. The van der Waals surface area contributed by atoms with E-state index in [0.717, 1.165) is 8.18 Å². The maximum atomic E-state index is 11.6. The van der Waals surface area contributed by atoms with Gasteiger partial charge in [-0.2, -0.15) is 0 Å². The zero-order chi connectivity index (χ0) is 11.4. The Morgan fingerprint density at radius 3 is 2.27 bits per heavy atom. The highest BCUT2D eigenvalue weighted by atomic mass is 127. The van der Waals surface area contributed by atoms with Crippen molar-refractivity contribution in [2.75, 3.05) is 5.32 Å². The van der Waals surface area contributed by atoms with Crippen LogP contribution in [0, 0.1) is 6.92 Å². The summed E-state index contributed by atoms with van der Waals surface area (Å²) in [7, 11) is 0. The summed E-state index contributed by atoms with van der Waals surface area (Å²) in [6.45, 7) is 2.01. The third kappa shape index (κ3) is 4.39. The Hall–Kier alpha value is 0.370. The van der Waals surface area contributed by atoms with E-state index in [9.17, 15) is 4.79 Å². The third-order valence-corrected chi connectivity index (χ3v) is 5.41. The van der Waals surface area contributed by atoms with Gasteiger partial charge in [0.15, 0.2) is 0 Å². The average molecular weight is 492 g/mol. The van der Waals surface area contributed by atoms with Crippen LogP contribution in [0.25, 0.3) is 0 Å². The van der Waals surface area contributed by atoms with Crippen molar-refractivity contribution < 1.29 is 4.79 Å². The minimum Gasteiger partial charge on any atom is -0.322 e. The van der Waals surface area contributed by atoms with Crippen molar-refractivity contribution >= 4 is 72.7 Å². The number of carbonyl (C=O) groups excluding carboxylic acids is 1. The van der Waals surface area contributed by atoms with Crippen LogP contribution in [0.15, 0.2) is 30.3 Å². The van der Waals surface area contributed by atoms with Crippen molar-refractivity contribution in [3.63, 3.8) is 0 Å². The van der Waals surface area contributed by atoms with Gasteiger partial charge in [-0.1, -0.05) is 17.7 Å². The number of benzene rings is 1. The maximum absolute atomic E-state index is 11.6. The van der Waals surface area contributed by atoms with Gasteiger partial charge in [0.25, 0.3) is 5.91 Å². The molecular formula is C10H8BrI2NO. The van der Waals surface area contributed by atoms with E-state index in [1.165, 1.54) is 5.56 Å². The highest BCUT2D eigenvalue weighted by molar-refractivity contribution is 14.1. The van der Waals surface area contributed by atoms with Gasteiger partial charge in [0.05, 0.1) is 6.07 Å². The first kappa shape index (κ1) is 13.4. The molecule has 0 fully saturated rings. The molecule has 1 rings (SSSR count). The zero-order valence-electron chi connectivity index (χ0n) is 7.85. The molecule has 15 heavy (non-hydrogen) atoms. The molecular weight excluding hydrogens is 484 g/mol. The fourth-order valence-electron chi connectivity index (χ4n) is 0.909. The fourth-order valence-corrected chi connectivity index (χ4v) is 1.47. The van der Waals surface area contributed by atoms with E-state index in [1.54, 1.807) is 0 Å². The highest BCUT2D eigenvalue weighted by Gasteiger charge is 2.09. The summed E-state index contributed by atoms with van der Waals surface area (Å²) in [5.41, 5.74) is 1.98. The second-order valence-electron chi connectivity index (χ2n) is 2.89. The first-order valence-electron chi connectivity index (χ1n) is 4.09. The van der Waals surface area contributed by atoms with Crippen LogP contribution in [0.2, 0.25) is 0 Å². The van der Waals surface area contributed by atoms with E-state index < -0.39 is 0 Å². The Morgan fingerprint density at radius 1 is 1.27 bits per heavy atom. The molecule has 0 saturated carbocycles. The first-order chi connectivity index (χ1) is 7.00. The van der Waals surface area contributed by atoms with Crippen molar-refractivity contribution in [3.05, 3.63) is 35.9 Å². The number of amides is 1. The summed E-state index contributed by atoms with van der Waals surface area (Å²) in [5.74, 6) is -0.0965. The van der Waals surface area contributed by atoms with E-state index in [2.05, 4.69) is 43.8 Å². The van der Waals surface area contributed by atoms with E-state index in [-0.39, 0.29) is 5.91 Å². The Morgan fingerprint density at radius 2 is 1.80 bits per heavy atom. The summed E-state index contributed by atoms with van der Waals surface area (Å²) >= 11 is 7.33. The van der Waals surface area contributed by atoms with Crippen molar-refractivity contribution in [2.24, 2.45) is 0 Å². The summed E-state index contributed by atoms with van der Waals surface area (Å²) in [6.07, 6.45) is 0. The van der Waals surface area contributed by atoms with Gasteiger partial charge in [-0.15, -0.1) is 0 Å². The molecule has 0 aliphatic carbocycles. The maximum Gasteiger partial charge on any atom is 0.263 e. The fraction of sp³-hybridized carbons (Fsp3) is 0.100. The lowest BCUT2D eigenvalue weighted by atomic mass is 10.2. The topological polar surface area (TPSA) is 29.1 Å². The lowest BCUT2D eigenvalue weighted by Crippen LogP contribution is -2.11. The highest BCUT2D eigenvalue weighted by Crippen LogP contribution is 2.25. The van der Waals surface area contributed by atoms with Gasteiger partial charge >= 0.3 is 0 Å². The van der Waals surface area contributed by atoms with Crippen molar-refractivity contribution in [3.8, 4) is 0 Å². The number of hydrogen-bond donors (Lipinski definition) is 1. The molecule has 0 heterocycles. The van der Waals surface area contributed by atoms with Gasteiger partial charge in [-0.3, -0.25) is 4.79 Å². The molecule has 2 nitrogen and oxygen atoms in total. The smallest absolute Gasteiger partial charge is 0.263 e. The van der Waals surface area contributed by atoms with Gasteiger partial charge < -0.3 is 5.32 Å². The molecule has 1 amide bonds. The molecule has 0 unspecified atom stereocenters. The molecule has 0 saturated heterocycles. The average Bonchev–Trinajstić information content (AvgIpc) is 2.20. The molecule has 0 bridgehead atoms. The van der Waals surface area contributed by atoms with Crippen LogP contribution >= 0.6 is 61.1 Å². The van der Waals surface area contributed by atoms with Crippen LogP contribution in [0.3, 0.4) is 0 Å². The van der Waals surface area contributed by atoms with E-state index in [0.29, 0.717) is 3.58 Å². The molecule has 0 radical (unpaired) electrons. The van der Waals surface area contributed by atoms with E-state index in [4.69, 9.17) is 0 Å². The second-order valence-corrected chi connectivity index (χ2v) is 7.33. The van der Waals surface area contributed by atoms with Gasteiger partial charge in [0.2, 0.25) is 0 Å². The van der Waals surface area contributed by atoms with Gasteiger partial charge in [0, 0.05) is 5.69 Å². The molecule has 1 aromatic rings. The third-order valence-electron chi connectivity index (χ3n) is 1.67. The zero-order valence-corrected chi connectivity index (χ0v) is 13.8. The summed E-state index contributed by atoms with van der Waals surface area (Å²) < 4.78 is 1.46. The Kier molecular flexibility index (Phi) is 5.54. The van der Waals surface area contributed by atoms with E-state index >= 15 is 0 Å². The molecule has 0 aromatic heterocycles. The van der Waals surface area contributed by atoms with Gasteiger partial charge in [-0.25, -0.2) is 0 Å². The summed E-state index contributed by atoms with van der Waals surface area (Å²) in [5, 5.41) is 2.81. The number of rotatable bonds is 2. The molecule has 0 spiro atoms. The number of hydrogen-bond acceptors (Lipinski definition) is 1. The number of anilines is 1. The Bertz CT molecular complexity index is 396. The van der Waals surface area contributed by atoms with Crippen molar-refractivity contribution in [2.45, 2.75) is 6.92 Å². The lowest BCUT2D eigenvalue weighted by Gasteiger charge is -2.04. The van der Waals surface area contributed by atoms with Crippen molar-refractivity contribution in [1.82, 2.24) is 0 Å². The molecule has 0 aliphatic heterocycles. The van der Waals surface area contributed by atoms with E-state index in [1.807, 2.05) is 53.8 Å². The van der Waals surface area contributed by atoms with Crippen LogP contribution < -0.4 is 5.32 Å².